The molecule has 1 fully saturated rings. The molecule has 3 aromatic rings. The van der Waals surface area contributed by atoms with Gasteiger partial charge in [0.25, 0.3) is 0 Å². The average molecular weight is 422 g/mol. The maximum absolute atomic E-state index is 10.4. The van der Waals surface area contributed by atoms with Crippen molar-refractivity contribution in [1.29, 1.82) is 0 Å². The zero-order chi connectivity index (χ0) is 20.8. The van der Waals surface area contributed by atoms with Crippen LogP contribution in [-0.4, -0.2) is 45.8 Å². The number of phenolic OH excluding ortho intramolecular Hbond substituents is 1. The average Bonchev–Trinajstić information content (AvgIpc) is 3.20. The molecule has 4 rings (SSSR count). The molecule has 2 aromatic carbocycles. The fourth-order valence-electron chi connectivity index (χ4n) is 3.90. The predicted octanol–water partition coefficient (Wildman–Crippen LogP) is 3.61. The maximum atomic E-state index is 10.4. The summed E-state index contributed by atoms with van der Waals surface area (Å²) in [4.78, 5) is 7.62. The summed E-state index contributed by atoms with van der Waals surface area (Å²) in [5.41, 5.74) is 1.84. The zero-order valence-corrected chi connectivity index (χ0v) is 18.2. The third-order valence-corrected chi connectivity index (χ3v) is 6.36. The number of hydrogen-bond acceptors (Lipinski definition) is 4. The standard InChI is InChI=1S/C24H28N4OS/c1-30-20-12-9-19(10-13-20)11-14-23-25-24(21-7-3-4-8-22(21)29)28(26-23)18-17-27-15-5-2-6-16-27/h3-4,7-14,29H,2,5-6,15-18H2,1H3/p+1/b14-11+. The molecule has 6 heteroatoms. The van der Waals surface area contributed by atoms with E-state index in [-0.39, 0.29) is 5.75 Å². The van der Waals surface area contributed by atoms with Gasteiger partial charge in [0.05, 0.1) is 31.7 Å². The molecule has 0 radical (unpaired) electrons. The van der Waals surface area contributed by atoms with E-state index in [1.54, 1.807) is 22.7 Å². The number of phenols is 1. The summed E-state index contributed by atoms with van der Waals surface area (Å²) >= 11 is 1.74. The summed E-state index contributed by atoms with van der Waals surface area (Å²) in [6.45, 7) is 4.30. The van der Waals surface area contributed by atoms with Gasteiger partial charge in [-0.15, -0.1) is 11.8 Å². The highest BCUT2D eigenvalue weighted by Crippen LogP contribution is 2.27. The molecule has 1 aromatic heterocycles. The van der Waals surface area contributed by atoms with E-state index in [0.717, 1.165) is 30.0 Å². The summed E-state index contributed by atoms with van der Waals surface area (Å²) in [5.74, 6) is 1.62. The zero-order valence-electron chi connectivity index (χ0n) is 17.4. The second-order valence-electron chi connectivity index (χ2n) is 7.70. The van der Waals surface area contributed by atoms with E-state index >= 15 is 0 Å². The highest BCUT2D eigenvalue weighted by atomic mass is 32.2. The molecule has 0 saturated carbocycles. The van der Waals surface area contributed by atoms with Gasteiger partial charge in [0.15, 0.2) is 11.6 Å². The van der Waals surface area contributed by atoms with Gasteiger partial charge < -0.3 is 10.0 Å². The first-order valence-corrected chi connectivity index (χ1v) is 11.8. The van der Waals surface area contributed by atoms with E-state index in [1.807, 2.05) is 35.0 Å². The molecule has 0 atom stereocenters. The molecule has 156 valence electrons. The number of benzene rings is 2. The molecule has 1 aliphatic rings. The number of piperidine rings is 1. The number of quaternary nitrogens is 1. The van der Waals surface area contributed by atoms with Gasteiger partial charge in [0.2, 0.25) is 0 Å². The molecule has 5 nitrogen and oxygen atoms in total. The van der Waals surface area contributed by atoms with Crippen LogP contribution in [0.3, 0.4) is 0 Å². The van der Waals surface area contributed by atoms with Crippen LogP contribution in [0.15, 0.2) is 53.4 Å². The van der Waals surface area contributed by atoms with Crippen molar-refractivity contribution in [3.63, 3.8) is 0 Å². The Balaban J connectivity index is 1.57. The van der Waals surface area contributed by atoms with Crippen molar-refractivity contribution in [2.45, 2.75) is 30.7 Å². The van der Waals surface area contributed by atoms with Crippen LogP contribution in [0.1, 0.15) is 30.7 Å². The fourth-order valence-corrected chi connectivity index (χ4v) is 4.31. The highest BCUT2D eigenvalue weighted by Gasteiger charge is 2.17. The van der Waals surface area contributed by atoms with E-state index in [0.29, 0.717) is 5.82 Å². The number of thioether (sulfide) groups is 1. The Hall–Kier alpha value is -2.57. The van der Waals surface area contributed by atoms with Crippen LogP contribution in [0.5, 0.6) is 5.75 Å². The summed E-state index contributed by atoms with van der Waals surface area (Å²) in [5, 5.41) is 15.1. The lowest BCUT2D eigenvalue weighted by molar-refractivity contribution is -0.905. The minimum Gasteiger partial charge on any atom is -0.507 e. The van der Waals surface area contributed by atoms with Crippen LogP contribution < -0.4 is 4.90 Å². The lowest BCUT2D eigenvalue weighted by Gasteiger charge is -2.23. The van der Waals surface area contributed by atoms with Crippen LogP contribution in [0.25, 0.3) is 23.5 Å². The first-order valence-electron chi connectivity index (χ1n) is 10.6. The molecular weight excluding hydrogens is 392 g/mol. The van der Waals surface area contributed by atoms with Crippen molar-refractivity contribution in [3.05, 3.63) is 59.9 Å². The highest BCUT2D eigenvalue weighted by molar-refractivity contribution is 7.98. The molecule has 30 heavy (non-hydrogen) atoms. The van der Waals surface area contributed by atoms with Gasteiger partial charge in [0.1, 0.15) is 5.75 Å². The molecule has 0 aliphatic carbocycles. The first-order chi connectivity index (χ1) is 14.7. The Morgan fingerprint density at radius 3 is 2.53 bits per heavy atom. The lowest BCUT2D eigenvalue weighted by atomic mass is 10.1. The smallest absolute Gasteiger partial charge is 0.174 e. The van der Waals surface area contributed by atoms with Crippen molar-refractivity contribution in [2.24, 2.45) is 0 Å². The van der Waals surface area contributed by atoms with E-state index in [1.165, 1.54) is 37.2 Å². The summed E-state index contributed by atoms with van der Waals surface area (Å²) < 4.78 is 1.95. The lowest BCUT2D eigenvalue weighted by Crippen LogP contribution is -3.13. The van der Waals surface area contributed by atoms with Gasteiger partial charge in [-0.05, 0) is 61.4 Å². The third-order valence-electron chi connectivity index (χ3n) is 5.61. The number of nitrogens with zero attached hydrogens (tertiary/aromatic N) is 3. The molecule has 1 saturated heterocycles. The summed E-state index contributed by atoms with van der Waals surface area (Å²) in [6, 6.07) is 15.8. The van der Waals surface area contributed by atoms with Gasteiger partial charge in [-0.2, -0.15) is 5.10 Å². The Morgan fingerprint density at radius 1 is 1.03 bits per heavy atom. The van der Waals surface area contributed by atoms with Crippen molar-refractivity contribution in [1.82, 2.24) is 14.8 Å². The Morgan fingerprint density at radius 2 is 1.80 bits per heavy atom. The van der Waals surface area contributed by atoms with E-state index in [9.17, 15) is 5.11 Å². The van der Waals surface area contributed by atoms with Gasteiger partial charge in [-0.1, -0.05) is 30.3 Å². The molecule has 1 aliphatic heterocycles. The second kappa shape index (κ2) is 9.96. The number of hydrogen-bond donors (Lipinski definition) is 2. The maximum Gasteiger partial charge on any atom is 0.174 e. The van der Waals surface area contributed by atoms with Crippen LogP contribution in [-0.2, 0) is 6.54 Å². The van der Waals surface area contributed by atoms with Crippen LogP contribution >= 0.6 is 11.8 Å². The number of aromatic hydroxyl groups is 1. The van der Waals surface area contributed by atoms with E-state index < -0.39 is 0 Å². The number of aromatic nitrogens is 3. The molecular formula is C24H29N4OS+. The number of likely N-dealkylation sites (tertiary alicyclic amines) is 1. The minimum absolute atomic E-state index is 0.236. The molecule has 2 heterocycles. The summed E-state index contributed by atoms with van der Waals surface area (Å²) in [6.07, 6.45) is 10.0. The van der Waals surface area contributed by atoms with Crippen LogP contribution in [0, 0.1) is 0 Å². The van der Waals surface area contributed by atoms with E-state index in [2.05, 4.69) is 30.5 Å². The number of para-hydroxylation sites is 1. The molecule has 2 N–H and O–H groups in total. The fraction of sp³-hybridized carbons (Fsp3) is 0.333. The van der Waals surface area contributed by atoms with Gasteiger partial charge in [-0.25, -0.2) is 9.67 Å². The summed E-state index contributed by atoms with van der Waals surface area (Å²) in [7, 11) is 0. The van der Waals surface area contributed by atoms with Gasteiger partial charge in [0, 0.05) is 4.90 Å². The molecule has 0 amide bonds. The van der Waals surface area contributed by atoms with Gasteiger partial charge in [-0.3, -0.25) is 0 Å². The van der Waals surface area contributed by atoms with Crippen molar-refractivity contribution in [3.8, 4) is 17.1 Å². The monoisotopic (exact) mass is 421 g/mol. The molecule has 0 unspecified atom stereocenters. The SMILES string of the molecule is CSc1ccc(/C=C/c2nc(-c3ccccc3O)n(CC[NH+]3CCCCC3)n2)cc1. The van der Waals surface area contributed by atoms with Crippen molar-refractivity contribution in [2.75, 3.05) is 25.9 Å². The minimum atomic E-state index is 0.236. The normalized spacial score (nSPS) is 15.1. The quantitative estimate of drug-likeness (QED) is 0.572. The molecule has 0 bridgehead atoms. The molecule has 0 spiro atoms. The van der Waals surface area contributed by atoms with Gasteiger partial charge >= 0.3 is 0 Å². The second-order valence-corrected chi connectivity index (χ2v) is 8.58. The van der Waals surface area contributed by atoms with Crippen LogP contribution in [0.4, 0.5) is 0 Å². The van der Waals surface area contributed by atoms with Crippen molar-refractivity contribution >= 4 is 23.9 Å². The Bertz CT molecular complexity index is 991. The van der Waals surface area contributed by atoms with E-state index in [4.69, 9.17) is 10.1 Å². The first kappa shape index (κ1) is 20.7. The Labute approximate surface area is 182 Å². The largest absolute Gasteiger partial charge is 0.507 e. The topological polar surface area (TPSA) is 55.4 Å². The predicted molar refractivity (Wildman–Crippen MR) is 124 cm³/mol. The number of nitrogens with one attached hydrogen (secondary N) is 1. The Kier molecular flexibility index (Phi) is 6.87. The number of rotatable bonds is 7. The van der Waals surface area contributed by atoms with Crippen LogP contribution in [0.2, 0.25) is 0 Å². The third kappa shape index (κ3) is 5.12. The van der Waals surface area contributed by atoms with Crippen molar-refractivity contribution < 1.29 is 10.0 Å².